The van der Waals surface area contributed by atoms with E-state index in [1.807, 2.05) is 6.07 Å². The van der Waals surface area contributed by atoms with Crippen LogP contribution in [0, 0.1) is 5.92 Å². The van der Waals surface area contributed by atoms with Crippen molar-refractivity contribution in [1.29, 1.82) is 0 Å². The second-order valence-corrected chi connectivity index (χ2v) is 6.74. The van der Waals surface area contributed by atoms with Crippen molar-refractivity contribution in [2.45, 2.75) is 44.6 Å². The first kappa shape index (κ1) is 16.2. The highest BCUT2D eigenvalue weighted by Crippen LogP contribution is 2.25. The summed E-state index contributed by atoms with van der Waals surface area (Å²) in [5.74, 6) is 1.67. The van der Waals surface area contributed by atoms with Crippen LogP contribution >= 0.6 is 0 Å². The Morgan fingerprint density at radius 2 is 2.30 bits per heavy atom. The van der Waals surface area contributed by atoms with Crippen molar-refractivity contribution in [3.63, 3.8) is 0 Å². The fourth-order valence-electron chi connectivity index (χ4n) is 3.25. The molecule has 1 aromatic rings. The van der Waals surface area contributed by atoms with Gasteiger partial charge < -0.3 is 15.0 Å². The molecule has 0 bridgehead atoms. The Kier molecular flexibility index (Phi) is 5.49. The van der Waals surface area contributed by atoms with E-state index < -0.39 is 0 Å². The first-order chi connectivity index (χ1) is 11.3. The standard InChI is InChI=1S/C18H27N3O2/c1-23-11-3-5-14-4-2-10-21(13-14)17-12-15(8-9-19-17)18(22)20-16-6-7-16/h8-9,12,14,16H,2-7,10-11,13H2,1H3,(H,20,22). The summed E-state index contributed by atoms with van der Waals surface area (Å²) in [5, 5.41) is 3.04. The molecule has 1 aromatic heterocycles. The van der Waals surface area contributed by atoms with Gasteiger partial charge in [0.25, 0.3) is 5.91 Å². The normalized spacial score (nSPS) is 21.3. The summed E-state index contributed by atoms with van der Waals surface area (Å²) in [7, 11) is 1.76. The number of pyridine rings is 1. The maximum atomic E-state index is 12.2. The zero-order valence-electron chi connectivity index (χ0n) is 14.0. The lowest BCUT2D eigenvalue weighted by molar-refractivity contribution is 0.0951. The van der Waals surface area contributed by atoms with Gasteiger partial charge >= 0.3 is 0 Å². The van der Waals surface area contributed by atoms with E-state index in [9.17, 15) is 4.79 Å². The number of anilines is 1. The average Bonchev–Trinajstić information content (AvgIpc) is 3.39. The van der Waals surface area contributed by atoms with Crippen LogP contribution < -0.4 is 10.2 Å². The monoisotopic (exact) mass is 317 g/mol. The molecule has 1 unspecified atom stereocenters. The summed E-state index contributed by atoms with van der Waals surface area (Å²) in [4.78, 5) is 19.0. The molecule has 1 aliphatic heterocycles. The molecule has 3 rings (SSSR count). The van der Waals surface area contributed by atoms with Crippen LogP contribution in [-0.4, -0.2) is 43.7 Å². The van der Waals surface area contributed by atoms with Crippen molar-refractivity contribution in [3.8, 4) is 0 Å². The van der Waals surface area contributed by atoms with Gasteiger partial charge in [0.15, 0.2) is 0 Å². The molecular formula is C18H27N3O2. The minimum Gasteiger partial charge on any atom is -0.385 e. The van der Waals surface area contributed by atoms with Gasteiger partial charge in [-0.15, -0.1) is 0 Å². The third kappa shape index (κ3) is 4.67. The lowest BCUT2D eigenvalue weighted by Gasteiger charge is -2.33. The molecule has 1 amide bonds. The van der Waals surface area contributed by atoms with Crippen molar-refractivity contribution in [1.82, 2.24) is 10.3 Å². The third-order valence-corrected chi connectivity index (χ3v) is 4.72. The lowest BCUT2D eigenvalue weighted by atomic mass is 9.93. The van der Waals surface area contributed by atoms with Crippen LogP contribution in [0.1, 0.15) is 48.9 Å². The minimum absolute atomic E-state index is 0.0322. The number of ether oxygens (including phenoxy) is 1. The van der Waals surface area contributed by atoms with E-state index >= 15 is 0 Å². The summed E-state index contributed by atoms with van der Waals surface area (Å²) >= 11 is 0. The number of nitrogens with zero attached hydrogens (tertiary/aromatic N) is 2. The van der Waals surface area contributed by atoms with Crippen LogP contribution in [0.15, 0.2) is 18.3 Å². The number of amides is 1. The number of rotatable bonds is 7. The van der Waals surface area contributed by atoms with Gasteiger partial charge in [-0.1, -0.05) is 0 Å². The molecule has 1 atom stereocenters. The Hall–Kier alpha value is -1.62. The maximum Gasteiger partial charge on any atom is 0.251 e. The number of methoxy groups -OCH3 is 1. The summed E-state index contributed by atoms with van der Waals surface area (Å²) in [6.45, 7) is 2.90. The molecule has 1 N–H and O–H groups in total. The lowest BCUT2D eigenvalue weighted by Crippen LogP contribution is -2.36. The van der Waals surface area contributed by atoms with Gasteiger partial charge in [-0.05, 0) is 56.6 Å². The number of nitrogens with one attached hydrogen (secondary N) is 1. The van der Waals surface area contributed by atoms with Crippen LogP contribution in [0.4, 0.5) is 5.82 Å². The highest BCUT2D eigenvalue weighted by atomic mass is 16.5. The van der Waals surface area contributed by atoms with Crippen LogP contribution in [0.2, 0.25) is 0 Å². The Bertz CT molecular complexity index is 531. The molecule has 0 aromatic carbocycles. The second kappa shape index (κ2) is 7.77. The van der Waals surface area contributed by atoms with E-state index in [1.54, 1.807) is 19.4 Å². The Morgan fingerprint density at radius 1 is 1.43 bits per heavy atom. The second-order valence-electron chi connectivity index (χ2n) is 6.74. The SMILES string of the molecule is COCCCC1CCCN(c2cc(C(=O)NC3CC3)ccn2)C1. The zero-order valence-corrected chi connectivity index (χ0v) is 14.0. The number of hydrogen-bond acceptors (Lipinski definition) is 4. The van der Waals surface area contributed by atoms with Crippen molar-refractivity contribution < 1.29 is 9.53 Å². The quantitative estimate of drug-likeness (QED) is 0.786. The van der Waals surface area contributed by atoms with E-state index in [4.69, 9.17) is 4.74 Å². The van der Waals surface area contributed by atoms with E-state index in [0.717, 1.165) is 50.3 Å². The Balaban J connectivity index is 1.60. The largest absolute Gasteiger partial charge is 0.385 e. The number of carbonyl (C=O) groups is 1. The molecule has 2 fully saturated rings. The van der Waals surface area contributed by atoms with Gasteiger partial charge in [0.1, 0.15) is 5.82 Å². The van der Waals surface area contributed by atoms with Gasteiger partial charge in [0.05, 0.1) is 0 Å². The van der Waals surface area contributed by atoms with Gasteiger partial charge in [0.2, 0.25) is 0 Å². The number of piperidine rings is 1. The van der Waals surface area contributed by atoms with Crippen LogP contribution in [0.5, 0.6) is 0 Å². The molecule has 0 radical (unpaired) electrons. The zero-order chi connectivity index (χ0) is 16.1. The van der Waals surface area contributed by atoms with Gasteiger partial charge in [-0.2, -0.15) is 0 Å². The Labute approximate surface area is 138 Å². The summed E-state index contributed by atoms with van der Waals surface area (Å²) < 4.78 is 5.15. The third-order valence-electron chi connectivity index (χ3n) is 4.72. The number of aromatic nitrogens is 1. The molecule has 23 heavy (non-hydrogen) atoms. The topological polar surface area (TPSA) is 54.5 Å². The molecular weight excluding hydrogens is 290 g/mol. The van der Waals surface area contributed by atoms with Crippen LogP contribution in [-0.2, 0) is 4.74 Å². The Morgan fingerprint density at radius 3 is 3.09 bits per heavy atom. The summed E-state index contributed by atoms with van der Waals surface area (Å²) in [6, 6.07) is 4.13. The first-order valence-corrected chi connectivity index (χ1v) is 8.77. The summed E-state index contributed by atoms with van der Waals surface area (Å²) in [6.07, 6.45) is 8.77. The molecule has 5 nitrogen and oxygen atoms in total. The van der Waals surface area contributed by atoms with Gasteiger partial charge in [0, 0.05) is 44.6 Å². The van der Waals surface area contributed by atoms with Crippen LogP contribution in [0.3, 0.4) is 0 Å². The van der Waals surface area contributed by atoms with Crippen molar-refractivity contribution >= 4 is 11.7 Å². The maximum absolute atomic E-state index is 12.2. The number of hydrogen-bond donors (Lipinski definition) is 1. The minimum atomic E-state index is 0.0322. The molecule has 2 heterocycles. The van der Waals surface area contributed by atoms with Crippen LogP contribution in [0.25, 0.3) is 0 Å². The first-order valence-electron chi connectivity index (χ1n) is 8.77. The fourth-order valence-corrected chi connectivity index (χ4v) is 3.25. The van der Waals surface area contributed by atoms with Gasteiger partial charge in [-0.25, -0.2) is 4.98 Å². The molecule has 1 aliphatic carbocycles. The highest BCUT2D eigenvalue weighted by Gasteiger charge is 2.25. The highest BCUT2D eigenvalue weighted by molar-refractivity contribution is 5.95. The molecule has 5 heteroatoms. The molecule has 1 saturated heterocycles. The van der Waals surface area contributed by atoms with Gasteiger partial charge in [-0.3, -0.25) is 4.79 Å². The molecule has 0 spiro atoms. The predicted molar refractivity (Wildman–Crippen MR) is 90.8 cm³/mol. The average molecular weight is 317 g/mol. The van der Waals surface area contributed by atoms with E-state index in [2.05, 4.69) is 15.2 Å². The molecule has 2 aliphatic rings. The van der Waals surface area contributed by atoms with Crippen molar-refractivity contribution in [3.05, 3.63) is 23.9 Å². The molecule has 126 valence electrons. The summed E-state index contributed by atoms with van der Waals surface area (Å²) in [5.41, 5.74) is 0.725. The van der Waals surface area contributed by atoms with E-state index in [1.165, 1.54) is 19.3 Å². The predicted octanol–water partition coefficient (Wildman–Crippen LogP) is 2.62. The molecule has 1 saturated carbocycles. The van der Waals surface area contributed by atoms with Crippen molar-refractivity contribution in [2.75, 3.05) is 31.7 Å². The number of carbonyl (C=O) groups excluding carboxylic acids is 1. The fraction of sp³-hybridized carbons (Fsp3) is 0.667. The van der Waals surface area contributed by atoms with E-state index in [-0.39, 0.29) is 5.91 Å². The van der Waals surface area contributed by atoms with Crippen molar-refractivity contribution in [2.24, 2.45) is 5.92 Å². The van der Waals surface area contributed by atoms with E-state index in [0.29, 0.717) is 12.0 Å². The smallest absolute Gasteiger partial charge is 0.251 e.